The molecule has 20 heavy (non-hydrogen) atoms. The number of carbonyl (C=O) groups excluding carboxylic acids is 2. The zero-order valence-electron chi connectivity index (χ0n) is 11.0. The zero-order chi connectivity index (χ0) is 14.1. The van der Waals surface area contributed by atoms with E-state index in [2.05, 4.69) is 5.32 Å². The predicted octanol–water partition coefficient (Wildman–Crippen LogP) is 3.06. The number of carbonyl (C=O) groups is 2. The lowest BCUT2D eigenvalue weighted by atomic mass is 10.1. The summed E-state index contributed by atoms with van der Waals surface area (Å²) in [7, 11) is 0. The van der Waals surface area contributed by atoms with Crippen molar-refractivity contribution in [3.05, 3.63) is 59.1 Å². The maximum Gasteiger partial charge on any atom is 0.221 e. The van der Waals surface area contributed by atoms with Crippen LogP contribution in [0.1, 0.15) is 28.6 Å². The van der Waals surface area contributed by atoms with Crippen molar-refractivity contribution in [3.8, 4) is 0 Å². The molecule has 4 heteroatoms. The van der Waals surface area contributed by atoms with Crippen LogP contribution in [-0.4, -0.2) is 11.7 Å². The lowest BCUT2D eigenvalue weighted by Crippen LogP contribution is -2.06. The molecule has 0 radical (unpaired) electrons. The van der Waals surface area contributed by atoms with Crippen molar-refractivity contribution in [1.29, 1.82) is 0 Å². The Morgan fingerprint density at radius 2 is 2.20 bits per heavy atom. The summed E-state index contributed by atoms with van der Waals surface area (Å²) >= 11 is 0. The minimum absolute atomic E-state index is 0.0192. The molecule has 1 aliphatic rings. The third-order valence-electron chi connectivity index (χ3n) is 3.20. The Balaban J connectivity index is 1.92. The van der Waals surface area contributed by atoms with Gasteiger partial charge in [-0.05, 0) is 42.0 Å². The molecule has 1 aromatic heterocycles. The van der Waals surface area contributed by atoms with Gasteiger partial charge in [-0.1, -0.05) is 0 Å². The van der Waals surface area contributed by atoms with Crippen molar-refractivity contribution in [2.24, 2.45) is 0 Å². The van der Waals surface area contributed by atoms with Crippen molar-refractivity contribution in [2.75, 3.05) is 5.32 Å². The van der Waals surface area contributed by atoms with Gasteiger partial charge in [0.2, 0.25) is 5.91 Å². The number of ketones is 1. The van der Waals surface area contributed by atoms with E-state index in [1.807, 2.05) is 12.1 Å². The van der Waals surface area contributed by atoms with E-state index in [1.54, 1.807) is 30.5 Å². The maximum absolute atomic E-state index is 12.3. The fraction of sp³-hybridized carbons (Fsp3) is 0.125. The van der Waals surface area contributed by atoms with Crippen LogP contribution >= 0.6 is 0 Å². The minimum Gasteiger partial charge on any atom is -0.465 e. The highest BCUT2D eigenvalue weighted by Gasteiger charge is 2.25. The molecule has 0 unspecified atom stereocenters. The summed E-state index contributed by atoms with van der Waals surface area (Å²) in [5.74, 6) is 0.564. The average molecular weight is 267 g/mol. The van der Waals surface area contributed by atoms with Gasteiger partial charge in [0.05, 0.1) is 6.26 Å². The first-order valence-corrected chi connectivity index (χ1v) is 6.33. The monoisotopic (exact) mass is 267 g/mol. The molecule has 0 saturated heterocycles. The number of benzene rings is 1. The molecular weight excluding hydrogens is 254 g/mol. The number of rotatable bonds is 2. The smallest absolute Gasteiger partial charge is 0.221 e. The Kier molecular flexibility index (Phi) is 2.99. The third kappa shape index (κ3) is 2.28. The first kappa shape index (κ1) is 12.4. The second-order valence-corrected chi connectivity index (χ2v) is 4.74. The van der Waals surface area contributed by atoms with Gasteiger partial charge in [0.1, 0.15) is 5.76 Å². The van der Waals surface area contributed by atoms with E-state index in [9.17, 15) is 9.59 Å². The lowest BCUT2D eigenvalue weighted by Gasteiger charge is -2.03. The van der Waals surface area contributed by atoms with Crippen LogP contribution in [0.15, 0.2) is 46.6 Å². The van der Waals surface area contributed by atoms with E-state index in [-0.39, 0.29) is 11.7 Å². The number of furan rings is 1. The van der Waals surface area contributed by atoms with E-state index in [1.165, 1.54) is 6.92 Å². The van der Waals surface area contributed by atoms with E-state index in [0.29, 0.717) is 29.0 Å². The fourth-order valence-electron chi connectivity index (χ4n) is 2.36. The fourth-order valence-corrected chi connectivity index (χ4v) is 2.36. The highest BCUT2D eigenvalue weighted by molar-refractivity contribution is 6.15. The number of allylic oxidation sites excluding steroid dienone is 1. The third-order valence-corrected chi connectivity index (χ3v) is 3.20. The molecule has 1 heterocycles. The van der Waals surface area contributed by atoms with Gasteiger partial charge in [0.15, 0.2) is 5.78 Å². The van der Waals surface area contributed by atoms with Crippen LogP contribution in [0.25, 0.3) is 6.08 Å². The highest BCUT2D eigenvalue weighted by atomic mass is 16.3. The van der Waals surface area contributed by atoms with E-state index in [4.69, 9.17) is 4.42 Å². The zero-order valence-corrected chi connectivity index (χ0v) is 11.0. The number of hydrogen-bond donors (Lipinski definition) is 1. The molecule has 2 aromatic rings. The number of anilines is 1. The van der Waals surface area contributed by atoms with Gasteiger partial charge < -0.3 is 9.73 Å². The molecule has 1 N–H and O–H groups in total. The van der Waals surface area contributed by atoms with E-state index < -0.39 is 0 Å². The Hall–Kier alpha value is -2.62. The van der Waals surface area contributed by atoms with Gasteiger partial charge >= 0.3 is 0 Å². The summed E-state index contributed by atoms with van der Waals surface area (Å²) in [6.07, 6.45) is 3.90. The molecule has 3 rings (SSSR count). The molecule has 1 amide bonds. The molecular formula is C16H13NO3. The molecule has 1 aliphatic carbocycles. The van der Waals surface area contributed by atoms with Gasteiger partial charge in [-0.3, -0.25) is 9.59 Å². The lowest BCUT2D eigenvalue weighted by molar-refractivity contribution is -0.114. The molecule has 4 nitrogen and oxygen atoms in total. The standard InChI is InChI=1S/C16H13NO3/c1-10(18)17-13-4-5-15-11(8-13)7-12(16(15)19)9-14-3-2-6-20-14/h2-6,8-9H,7H2,1H3,(H,17,18). The summed E-state index contributed by atoms with van der Waals surface area (Å²) in [5.41, 5.74) is 3.04. The first-order valence-electron chi connectivity index (χ1n) is 6.33. The summed E-state index contributed by atoms with van der Waals surface area (Å²) in [6.45, 7) is 1.46. The molecule has 0 spiro atoms. The molecule has 100 valence electrons. The maximum atomic E-state index is 12.3. The Morgan fingerprint density at radius 3 is 2.90 bits per heavy atom. The Bertz CT molecular complexity index is 711. The predicted molar refractivity (Wildman–Crippen MR) is 75.5 cm³/mol. The SMILES string of the molecule is CC(=O)Nc1ccc2c(c1)CC(=Cc1ccco1)C2=O. The Labute approximate surface area is 116 Å². The summed E-state index contributed by atoms with van der Waals surface area (Å²) in [4.78, 5) is 23.3. The van der Waals surface area contributed by atoms with Crippen LogP contribution in [0.2, 0.25) is 0 Å². The van der Waals surface area contributed by atoms with Crippen LogP contribution in [0.4, 0.5) is 5.69 Å². The molecule has 0 aliphatic heterocycles. The van der Waals surface area contributed by atoms with Gasteiger partial charge in [-0.15, -0.1) is 0 Å². The molecule has 0 fully saturated rings. The summed E-state index contributed by atoms with van der Waals surface area (Å²) < 4.78 is 5.23. The molecule has 1 aromatic carbocycles. The van der Waals surface area contributed by atoms with Crippen LogP contribution < -0.4 is 5.32 Å². The van der Waals surface area contributed by atoms with Crippen LogP contribution in [0, 0.1) is 0 Å². The number of nitrogens with one attached hydrogen (secondary N) is 1. The van der Waals surface area contributed by atoms with Crippen molar-refractivity contribution in [2.45, 2.75) is 13.3 Å². The molecule has 0 atom stereocenters. The van der Waals surface area contributed by atoms with Gasteiger partial charge in [0.25, 0.3) is 0 Å². The van der Waals surface area contributed by atoms with Gasteiger partial charge in [0, 0.05) is 30.2 Å². The van der Waals surface area contributed by atoms with Crippen molar-refractivity contribution in [1.82, 2.24) is 0 Å². The van der Waals surface area contributed by atoms with Crippen LogP contribution in [-0.2, 0) is 11.2 Å². The number of Topliss-reactive ketones (excluding diaryl/α,β-unsaturated/α-hetero) is 1. The van der Waals surface area contributed by atoms with Crippen LogP contribution in [0.3, 0.4) is 0 Å². The topological polar surface area (TPSA) is 59.3 Å². The number of amides is 1. The second kappa shape index (κ2) is 4.81. The average Bonchev–Trinajstić information content (AvgIpc) is 2.99. The summed E-state index contributed by atoms with van der Waals surface area (Å²) in [5, 5.41) is 2.72. The first-order chi connectivity index (χ1) is 9.63. The van der Waals surface area contributed by atoms with Crippen molar-refractivity contribution < 1.29 is 14.0 Å². The second-order valence-electron chi connectivity index (χ2n) is 4.74. The normalized spacial score (nSPS) is 15.4. The largest absolute Gasteiger partial charge is 0.465 e. The van der Waals surface area contributed by atoms with Gasteiger partial charge in [-0.2, -0.15) is 0 Å². The highest BCUT2D eigenvalue weighted by Crippen LogP contribution is 2.30. The quantitative estimate of drug-likeness (QED) is 0.851. The van der Waals surface area contributed by atoms with Crippen LogP contribution in [0.5, 0.6) is 0 Å². The van der Waals surface area contributed by atoms with Gasteiger partial charge in [-0.25, -0.2) is 0 Å². The summed E-state index contributed by atoms with van der Waals surface area (Å²) in [6, 6.07) is 8.94. The van der Waals surface area contributed by atoms with E-state index >= 15 is 0 Å². The van der Waals surface area contributed by atoms with Crippen molar-refractivity contribution in [3.63, 3.8) is 0 Å². The minimum atomic E-state index is -0.124. The number of fused-ring (bicyclic) bond motifs is 1. The molecule has 0 saturated carbocycles. The Morgan fingerprint density at radius 1 is 1.35 bits per heavy atom. The van der Waals surface area contributed by atoms with Crippen molar-refractivity contribution >= 4 is 23.5 Å². The number of hydrogen-bond acceptors (Lipinski definition) is 3. The van der Waals surface area contributed by atoms with E-state index in [0.717, 1.165) is 5.56 Å². The molecule has 0 bridgehead atoms.